The maximum atomic E-state index is 12.3. The molecule has 0 radical (unpaired) electrons. The van der Waals surface area contributed by atoms with Crippen LogP contribution in [0.4, 0.5) is 0 Å². The number of amides is 1. The normalized spacial score (nSPS) is 12.3. The SMILES string of the molecule is COc1ccc(/C=N\NC(=O)[C@H](C)n2nnc3ccccc32)cc1OC. The fourth-order valence-electron chi connectivity index (χ4n) is 2.48. The van der Waals surface area contributed by atoms with Crippen LogP contribution in [-0.4, -0.2) is 41.3 Å². The molecule has 0 bridgehead atoms. The molecule has 1 N–H and O–H groups in total. The van der Waals surface area contributed by atoms with E-state index >= 15 is 0 Å². The number of para-hydroxylation sites is 1. The Morgan fingerprint density at radius 1 is 1.19 bits per heavy atom. The van der Waals surface area contributed by atoms with Crippen molar-refractivity contribution >= 4 is 23.2 Å². The van der Waals surface area contributed by atoms with Crippen LogP contribution in [0.3, 0.4) is 0 Å². The molecule has 0 saturated heterocycles. The standard InChI is InChI=1S/C18H19N5O3/c1-12(23-15-7-5-4-6-14(15)20-22-23)18(24)21-19-11-13-8-9-16(25-2)17(10-13)26-3/h4-12H,1-3H3,(H,21,24)/b19-11-/t12-/m0/s1. The number of hydrogen-bond donors (Lipinski definition) is 1. The Bertz CT molecular complexity index is 951. The first-order valence-corrected chi connectivity index (χ1v) is 7.99. The topological polar surface area (TPSA) is 90.6 Å². The van der Waals surface area contributed by atoms with Crippen molar-refractivity contribution in [1.82, 2.24) is 20.4 Å². The highest BCUT2D eigenvalue weighted by Gasteiger charge is 2.18. The molecule has 0 fully saturated rings. The minimum Gasteiger partial charge on any atom is -0.493 e. The van der Waals surface area contributed by atoms with E-state index in [0.29, 0.717) is 11.5 Å². The third-order valence-corrected chi connectivity index (χ3v) is 3.92. The number of aromatic nitrogens is 3. The predicted octanol–water partition coefficient (Wildman–Crippen LogP) is 2.16. The number of benzene rings is 2. The van der Waals surface area contributed by atoms with Crippen LogP contribution in [0.15, 0.2) is 47.6 Å². The van der Waals surface area contributed by atoms with Crippen LogP contribution < -0.4 is 14.9 Å². The summed E-state index contributed by atoms with van der Waals surface area (Å²) in [5, 5.41) is 12.1. The van der Waals surface area contributed by atoms with E-state index in [-0.39, 0.29) is 5.91 Å². The Balaban J connectivity index is 1.69. The Hall–Kier alpha value is -3.42. The maximum Gasteiger partial charge on any atom is 0.264 e. The predicted molar refractivity (Wildman–Crippen MR) is 97.5 cm³/mol. The lowest BCUT2D eigenvalue weighted by Crippen LogP contribution is -2.28. The number of nitrogens with one attached hydrogen (secondary N) is 1. The van der Waals surface area contributed by atoms with E-state index in [4.69, 9.17) is 9.47 Å². The van der Waals surface area contributed by atoms with Crippen molar-refractivity contribution in [3.63, 3.8) is 0 Å². The fourth-order valence-corrected chi connectivity index (χ4v) is 2.48. The van der Waals surface area contributed by atoms with Gasteiger partial charge < -0.3 is 9.47 Å². The molecule has 8 nitrogen and oxygen atoms in total. The lowest BCUT2D eigenvalue weighted by Gasteiger charge is -2.10. The molecule has 0 spiro atoms. The van der Waals surface area contributed by atoms with Gasteiger partial charge in [0.1, 0.15) is 11.6 Å². The lowest BCUT2D eigenvalue weighted by atomic mass is 10.2. The summed E-state index contributed by atoms with van der Waals surface area (Å²) in [5.74, 6) is 0.919. The van der Waals surface area contributed by atoms with Crippen LogP contribution in [0.1, 0.15) is 18.5 Å². The van der Waals surface area contributed by atoms with E-state index in [1.807, 2.05) is 30.3 Å². The highest BCUT2D eigenvalue weighted by atomic mass is 16.5. The van der Waals surface area contributed by atoms with Crippen LogP contribution in [0.5, 0.6) is 11.5 Å². The van der Waals surface area contributed by atoms with Crippen molar-refractivity contribution in [2.24, 2.45) is 5.10 Å². The molecule has 3 rings (SSSR count). The second-order valence-electron chi connectivity index (χ2n) is 5.55. The molecule has 1 atom stereocenters. The summed E-state index contributed by atoms with van der Waals surface area (Å²) < 4.78 is 12.0. The number of nitrogens with zero attached hydrogens (tertiary/aromatic N) is 4. The summed E-state index contributed by atoms with van der Waals surface area (Å²) in [6.45, 7) is 1.74. The molecule has 0 aliphatic heterocycles. The average Bonchev–Trinajstić information content (AvgIpc) is 3.11. The third-order valence-electron chi connectivity index (χ3n) is 3.92. The summed E-state index contributed by atoms with van der Waals surface area (Å²) in [7, 11) is 3.13. The molecule has 0 aliphatic rings. The van der Waals surface area contributed by atoms with E-state index in [9.17, 15) is 4.79 Å². The van der Waals surface area contributed by atoms with E-state index in [1.54, 1.807) is 38.0 Å². The number of methoxy groups -OCH3 is 2. The molecule has 134 valence electrons. The smallest absolute Gasteiger partial charge is 0.264 e. The van der Waals surface area contributed by atoms with E-state index < -0.39 is 6.04 Å². The van der Waals surface area contributed by atoms with Crippen molar-refractivity contribution in [2.45, 2.75) is 13.0 Å². The maximum absolute atomic E-state index is 12.3. The first-order chi connectivity index (χ1) is 12.6. The Labute approximate surface area is 150 Å². The second kappa shape index (κ2) is 7.64. The van der Waals surface area contributed by atoms with Gasteiger partial charge in [0.2, 0.25) is 0 Å². The first-order valence-electron chi connectivity index (χ1n) is 7.99. The van der Waals surface area contributed by atoms with Gasteiger partial charge in [-0.05, 0) is 42.8 Å². The molecule has 1 aromatic heterocycles. The van der Waals surface area contributed by atoms with Crippen LogP contribution in [0.2, 0.25) is 0 Å². The summed E-state index contributed by atoms with van der Waals surface area (Å²) in [6, 6.07) is 12.3. The molecule has 0 saturated carbocycles. The van der Waals surface area contributed by atoms with Crippen molar-refractivity contribution in [1.29, 1.82) is 0 Å². The number of fused-ring (bicyclic) bond motifs is 1. The minimum absolute atomic E-state index is 0.294. The monoisotopic (exact) mass is 353 g/mol. The van der Waals surface area contributed by atoms with E-state index in [1.165, 1.54) is 6.21 Å². The molecule has 1 heterocycles. The summed E-state index contributed by atoms with van der Waals surface area (Å²) in [6.07, 6.45) is 1.53. The van der Waals surface area contributed by atoms with Gasteiger partial charge in [0.15, 0.2) is 11.5 Å². The molecular weight excluding hydrogens is 334 g/mol. The first kappa shape index (κ1) is 17.4. The van der Waals surface area contributed by atoms with Gasteiger partial charge in [0, 0.05) is 0 Å². The van der Waals surface area contributed by atoms with Crippen LogP contribution >= 0.6 is 0 Å². The second-order valence-corrected chi connectivity index (χ2v) is 5.55. The summed E-state index contributed by atoms with van der Waals surface area (Å²) in [4.78, 5) is 12.3. The number of carbonyl (C=O) groups is 1. The van der Waals surface area contributed by atoms with Gasteiger partial charge in [-0.15, -0.1) is 5.10 Å². The molecular formula is C18H19N5O3. The molecule has 26 heavy (non-hydrogen) atoms. The minimum atomic E-state index is -0.551. The molecule has 2 aromatic carbocycles. The van der Waals surface area contributed by atoms with E-state index in [2.05, 4.69) is 20.8 Å². The molecule has 1 amide bonds. The van der Waals surface area contributed by atoms with Gasteiger partial charge in [-0.1, -0.05) is 17.3 Å². The zero-order chi connectivity index (χ0) is 18.5. The molecule has 0 unspecified atom stereocenters. The van der Waals surface area contributed by atoms with Crippen LogP contribution in [0, 0.1) is 0 Å². The lowest BCUT2D eigenvalue weighted by molar-refractivity contribution is -0.124. The highest BCUT2D eigenvalue weighted by Crippen LogP contribution is 2.26. The van der Waals surface area contributed by atoms with Crippen molar-refractivity contribution in [2.75, 3.05) is 14.2 Å². The molecule has 3 aromatic rings. The third kappa shape index (κ3) is 3.49. The zero-order valence-electron chi connectivity index (χ0n) is 14.7. The Morgan fingerprint density at radius 3 is 2.73 bits per heavy atom. The number of hydrazone groups is 1. The van der Waals surface area contributed by atoms with Gasteiger partial charge in [0.25, 0.3) is 5.91 Å². The zero-order valence-corrected chi connectivity index (χ0v) is 14.7. The molecule has 0 aliphatic carbocycles. The number of hydrogen-bond acceptors (Lipinski definition) is 6. The van der Waals surface area contributed by atoms with E-state index in [0.717, 1.165) is 16.6 Å². The Kier molecular flexibility index (Phi) is 5.12. The Morgan fingerprint density at radius 2 is 1.96 bits per heavy atom. The van der Waals surface area contributed by atoms with Crippen molar-refractivity contribution < 1.29 is 14.3 Å². The largest absolute Gasteiger partial charge is 0.493 e. The van der Waals surface area contributed by atoms with Gasteiger partial charge in [0.05, 0.1) is 26.0 Å². The number of ether oxygens (including phenoxy) is 2. The highest BCUT2D eigenvalue weighted by molar-refractivity contribution is 5.85. The van der Waals surface area contributed by atoms with Gasteiger partial charge >= 0.3 is 0 Å². The summed E-state index contributed by atoms with van der Waals surface area (Å²) in [5.41, 5.74) is 4.81. The van der Waals surface area contributed by atoms with Crippen molar-refractivity contribution in [3.8, 4) is 11.5 Å². The van der Waals surface area contributed by atoms with Crippen LogP contribution in [0.25, 0.3) is 11.0 Å². The number of carbonyl (C=O) groups excluding carboxylic acids is 1. The van der Waals surface area contributed by atoms with Gasteiger partial charge in [-0.3, -0.25) is 4.79 Å². The van der Waals surface area contributed by atoms with Gasteiger partial charge in [-0.2, -0.15) is 5.10 Å². The quantitative estimate of drug-likeness (QED) is 0.542. The summed E-state index contributed by atoms with van der Waals surface area (Å²) >= 11 is 0. The number of rotatable bonds is 6. The van der Waals surface area contributed by atoms with Gasteiger partial charge in [-0.25, -0.2) is 10.1 Å². The fraction of sp³-hybridized carbons (Fsp3) is 0.222. The average molecular weight is 353 g/mol. The van der Waals surface area contributed by atoms with Crippen LogP contribution in [-0.2, 0) is 4.79 Å². The van der Waals surface area contributed by atoms with Crippen molar-refractivity contribution in [3.05, 3.63) is 48.0 Å². The molecule has 8 heteroatoms.